The van der Waals surface area contributed by atoms with Gasteiger partial charge >= 0.3 is 0 Å². The molecule has 3 aromatic rings. The quantitative estimate of drug-likeness (QED) is 0.718. The number of nitrogens with zero attached hydrogens (tertiary/aromatic N) is 1. The molecule has 0 bridgehead atoms. The second kappa shape index (κ2) is 7.96. The summed E-state index contributed by atoms with van der Waals surface area (Å²) >= 11 is 0. The van der Waals surface area contributed by atoms with Gasteiger partial charge in [-0.25, -0.2) is 4.99 Å². The first-order valence-electron chi connectivity index (χ1n) is 9.15. The average molecular weight is 357 g/mol. The minimum atomic E-state index is 0.0359. The number of benzene rings is 3. The standard InChI is InChI=1S/C23H23N3O/c1-27-20-15-9-8-14-19(20)16-24-23-25-21(17-10-4-2-5-11-17)22(26-23)18-12-6-3-7-13-18/h2-15,21-22H,16H2,1H3,(H2,24,25,26)/t21-,22-/m0/s1. The topological polar surface area (TPSA) is 45.6 Å². The Morgan fingerprint density at radius 2 is 1.48 bits per heavy atom. The highest BCUT2D eigenvalue weighted by Gasteiger charge is 2.31. The number of para-hydroxylation sites is 1. The molecule has 0 aliphatic carbocycles. The van der Waals surface area contributed by atoms with Crippen molar-refractivity contribution < 1.29 is 4.74 Å². The van der Waals surface area contributed by atoms with Crippen LogP contribution in [-0.4, -0.2) is 13.1 Å². The van der Waals surface area contributed by atoms with E-state index in [-0.39, 0.29) is 12.1 Å². The summed E-state index contributed by atoms with van der Waals surface area (Å²) in [7, 11) is 1.70. The van der Waals surface area contributed by atoms with E-state index in [1.165, 1.54) is 11.1 Å². The van der Waals surface area contributed by atoms with Gasteiger partial charge in [-0.05, 0) is 17.2 Å². The van der Waals surface area contributed by atoms with Crippen molar-refractivity contribution in [1.82, 2.24) is 10.6 Å². The van der Waals surface area contributed by atoms with Crippen LogP contribution in [0.3, 0.4) is 0 Å². The van der Waals surface area contributed by atoms with Crippen LogP contribution in [0.1, 0.15) is 28.8 Å². The Bertz CT molecular complexity index is 909. The molecule has 136 valence electrons. The molecule has 1 aliphatic heterocycles. The third-order valence-electron chi connectivity index (χ3n) is 4.81. The maximum atomic E-state index is 5.44. The van der Waals surface area contributed by atoms with Gasteiger partial charge in [0, 0.05) is 12.1 Å². The molecular weight excluding hydrogens is 334 g/mol. The van der Waals surface area contributed by atoms with E-state index in [2.05, 4.69) is 65.2 Å². The molecule has 1 heterocycles. The van der Waals surface area contributed by atoms with Crippen molar-refractivity contribution in [1.29, 1.82) is 0 Å². The number of hydrogen-bond acceptors (Lipinski definition) is 4. The number of methoxy groups -OCH3 is 1. The molecule has 4 nitrogen and oxygen atoms in total. The highest BCUT2D eigenvalue weighted by molar-refractivity contribution is 5.82. The fourth-order valence-corrected chi connectivity index (χ4v) is 3.44. The van der Waals surface area contributed by atoms with Gasteiger partial charge in [-0.1, -0.05) is 78.9 Å². The summed E-state index contributed by atoms with van der Waals surface area (Å²) in [5.74, 6) is 1.69. The van der Waals surface area contributed by atoms with Crippen LogP contribution in [-0.2, 0) is 6.54 Å². The highest BCUT2D eigenvalue weighted by Crippen LogP contribution is 2.35. The molecule has 0 spiro atoms. The molecule has 0 saturated carbocycles. The summed E-state index contributed by atoms with van der Waals surface area (Å²) < 4.78 is 5.44. The van der Waals surface area contributed by atoms with Crippen LogP contribution in [0.15, 0.2) is 89.9 Å². The normalized spacial score (nSPS) is 18.5. The van der Waals surface area contributed by atoms with E-state index in [0.717, 1.165) is 17.3 Å². The lowest BCUT2D eigenvalue weighted by Gasteiger charge is -2.19. The van der Waals surface area contributed by atoms with Crippen molar-refractivity contribution in [2.24, 2.45) is 4.99 Å². The Morgan fingerprint density at radius 1 is 0.852 bits per heavy atom. The van der Waals surface area contributed by atoms with E-state index in [9.17, 15) is 0 Å². The van der Waals surface area contributed by atoms with E-state index < -0.39 is 0 Å². The smallest absolute Gasteiger partial charge is 0.192 e. The first-order chi connectivity index (χ1) is 13.3. The Labute approximate surface area is 159 Å². The Kier molecular flexibility index (Phi) is 5.06. The zero-order chi connectivity index (χ0) is 18.5. The van der Waals surface area contributed by atoms with Crippen LogP contribution >= 0.6 is 0 Å². The van der Waals surface area contributed by atoms with Crippen LogP contribution in [0.25, 0.3) is 0 Å². The maximum Gasteiger partial charge on any atom is 0.192 e. The van der Waals surface area contributed by atoms with Gasteiger partial charge in [0.1, 0.15) is 11.8 Å². The van der Waals surface area contributed by atoms with Gasteiger partial charge in [0.2, 0.25) is 0 Å². The van der Waals surface area contributed by atoms with Gasteiger partial charge in [0.25, 0.3) is 0 Å². The second-order valence-electron chi connectivity index (χ2n) is 6.53. The molecule has 27 heavy (non-hydrogen) atoms. The van der Waals surface area contributed by atoms with Gasteiger partial charge in [0.15, 0.2) is 5.96 Å². The molecule has 2 N–H and O–H groups in total. The lowest BCUT2D eigenvalue weighted by molar-refractivity contribution is 0.409. The molecule has 0 saturated heterocycles. The van der Waals surface area contributed by atoms with Gasteiger partial charge < -0.3 is 15.4 Å². The summed E-state index contributed by atoms with van der Waals surface area (Å²) in [6.07, 6.45) is 0. The van der Waals surface area contributed by atoms with Crippen LogP contribution < -0.4 is 15.4 Å². The molecule has 0 amide bonds. The minimum absolute atomic E-state index is 0.0359. The Morgan fingerprint density at radius 3 is 2.19 bits per heavy atom. The molecule has 1 aliphatic rings. The third-order valence-corrected chi connectivity index (χ3v) is 4.81. The van der Waals surface area contributed by atoms with Crippen molar-refractivity contribution in [3.05, 3.63) is 102 Å². The molecule has 2 atom stereocenters. The van der Waals surface area contributed by atoms with Crippen molar-refractivity contribution in [3.8, 4) is 5.75 Å². The van der Waals surface area contributed by atoms with Gasteiger partial charge in [-0.2, -0.15) is 0 Å². The monoisotopic (exact) mass is 357 g/mol. The molecule has 0 radical (unpaired) electrons. The molecule has 4 rings (SSSR count). The van der Waals surface area contributed by atoms with Gasteiger partial charge in [0.05, 0.1) is 13.2 Å². The van der Waals surface area contributed by atoms with Crippen LogP contribution in [0.2, 0.25) is 0 Å². The number of nitrogens with one attached hydrogen (secondary N) is 2. The first-order valence-corrected chi connectivity index (χ1v) is 9.15. The molecular formula is C23H23N3O. The highest BCUT2D eigenvalue weighted by atomic mass is 16.5. The molecule has 0 fully saturated rings. The molecule has 4 heteroatoms. The predicted molar refractivity (Wildman–Crippen MR) is 109 cm³/mol. The van der Waals surface area contributed by atoms with Crippen molar-refractivity contribution in [2.75, 3.05) is 7.11 Å². The molecule has 0 aromatic heterocycles. The van der Waals surface area contributed by atoms with Gasteiger partial charge in [-0.3, -0.25) is 0 Å². The molecule has 3 aromatic carbocycles. The van der Waals surface area contributed by atoms with Crippen LogP contribution in [0, 0.1) is 0 Å². The van der Waals surface area contributed by atoms with E-state index in [1.807, 2.05) is 30.3 Å². The largest absolute Gasteiger partial charge is 0.496 e. The fourth-order valence-electron chi connectivity index (χ4n) is 3.44. The molecule has 0 unspecified atom stereocenters. The summed E-state index contributed by atoms with van der Waals surface area (Å²) in [4.78, 5) is 4.94. The lowest BCUT2D eigenvalue weighted by Crippen LogP contribution is -2.35. The maximum absolute atomic E-state index is 5.44. The second-order valence-corrected chi connectivity index (χ2v) is 6.53. The third kappa shape index (κ3) is 3.80. The van der Waals surface area contributed by atoms with E-state index >= 15 is 0 Å². The van der Waals surface area contributed by atoms with Gasteiger partial charge in [-0.15, -0.1) is 0 Å². The minimum Gasteiger partial charge on any atom is -0.496 e. The Hall–Kier alpha value is -3.27. The average Bonchev–Trinajstić information content (AvgIpc) is 3.18. The summed E-state index contributed by atoms with van der Waals surface area (Å²) in [5, 5.41) is 6.99. The van der Waals surface area contributed by atoms with E-state index in [1.54, 1.807) is 7.11 Å². The van der Waals surface area contributed by atoms with E-state index in [4.69, 9.17) is 9.73 Å². The van der Waals surface area contributed by atoms with Crippen LogP contribution in [0.5, 0.6) is 5.75 Å². The number of ether oxygens (including phenoxy) is 1. The zero-order valence-corrected chi connectivity index (χ0v) is 15.3. The SMILES string of the molecule is COc1ccccc1CNC1=N[C@@H](c2ccccc2)[C@H](c2ccccc2)N1. The fraction of sp³-hybridized carbons (Fsp3) is 0.174. The number of guanidine groups is 1. The number of hydrogen-bond donors (Lipinski definition) is 2. The van der Waals surface area contributed by atoms with Crippen molar-refractivity contribution in [3.63, 3.8) is 0 Å². The summed E-state index contributed by atoms with van der Waals surface area (Å²) in [6, 6.07) is 29.1. The predicted octanol–water partition coefficient (Wildman–Crippen LogP) is 4.23. The number of rotatable bonds is 5. The zero-order valence-electron chi connectivity index (χ0n) is 15.3. The summed E-state index contributed by atoms with van der Waals surface area (Å²) in [6.45, 7) is 0.652. The van der Waals surface area contributed by atoms with Crippen LogP contribution in [0.4, 0.5) is 0 Å². The Balaban J connectivity index is 1.56. The van der Waals surface area contributed by atoms with Crippen molar-refractivity contribution in [2.45, 2.75) is 18.6 Å². The number of aliphatic imine (C=N–C) groups is 1. The first kappa shape index (κ1) is 17.2. The summed E-state index contributed by atoms with van der Waals surface area (Å²) in [5.41, 5.74) is 3.53. The van der Waals surface area contributed by atoms with Crippen molar-refractivity contribution >= 4 is 5.96 Å². The van der Waals surface area contributed by atoms with E-state index in [0.29, 0.717) is 6.54 Å². The lowest BCUT2D eigenvalue weighted by atomic mass is 9.95.